The van der Waals surface area contributed by atoms with Gasteiger partial charge in [0.25, 0.3) is 0 Å². The standard InChI is InChI=1S/C17H27N3O/c1-12(2)21-9-5-7-18-8-6-17-19-15-10-13(3)14(4)11-16(15)20-17/h10-12,18H,5-9H2,1-4H3,(H,19,20). The summed E-state index contributed by atoms with van der Waals surface area (Å²) in [4.78, 5) is 8.06. The Morgan fingerprint density at radius 2 is 1.95 bits per heavy atom. The number of rotatable bonds is 8. The molecule has 0 bridgehead atoms. The monoisotopic (exact) mass is 289 g/mol. The van der Waals surface area contributed by atoms with Gasteiger partial charge in [0.15, 0.2) is 0 Å². The van der Waals surface area contributed by atoms with Crippen molar-refractivity contribution >= 4 is 11.0 Å². The minimum absolute atomic E-state index is 0.326. The second kappa shape index (κ2) is 7.57. The summed E-state index contributed by atoms with van der Waals surface area (Å²) in [5, 5.41) is 3.43. The zero-order valence-corrected chi connectivity index (χ0v) is 13.6. The van der Waals surface area contributed by atoms with E-state index in [9.17, 15) is 0 Å². The zero-order valence-electron chi connectivity index (χ0n) is 13.6. The third-order valence-electron chi connectivity index (χ3n) is 3.63. The molecule has 0 aliphatic rings. The van der Waals surface area contributed by atoms with Crippen molar-refractivity contribution < 1.29 is 4.74 Å². The summed E-state index contributed by atoms with van der Waals surface area (Å²) < 4.78 is 5.51. The molecule has 4 heteroatoms. The maximum Gasteiger partial charge on any atom is 0.108 e. The van der Waals surface area contributed by atoms with Crippen molar-refractivity contribution in [1.82, 2.24) is 15.3 Å². The molecular weight excluding hydrogens is 262 g/mol. The van der Waals surface area contributed by atoms with Gasteiger partial charge < -0.3 is 15.0 Å². The summed E-state index contributed by atoms with van der Waals surface area (Å²) in [5.41, 5.74) is 4.81. The maximum atomic E-state index is 5.51. The molecule has 0 saturated carbocycles. The molecule has 1 heterocycles. The lowest BCUT2D eigenvalue weighted by Crippen LogP contribution is -2.20. The SMILES string of the molecule is Cc1cc2nc(CCNCCCOC(C)C)[nH]c2cc1C. The molecule has 0 spiro atoms. The number of nitrogens with zero attached hydrogens (tertiary/aromatic N) is 1. The van der Waals surface area contributed by atoms with E-state index in [0.717, 1.165) is 49.4 Å². The number of fused-ring (bicyclic) bond motifs is 1. The number of nitrogens with one attached hydrogen (secondary N) is 2. The highest BCUT2D eigenvalue weighted by Gasteiger charge is 2.04. The summed E-state index contributed by atoms with van der Waals surface area (Å²) in [6.45, 7) is 11.2. The van der Waals surface area contributed by atoms with Crippen LogP contribution in [0, 0.1) is 13.8 Å². The lowest BCUT2D eigenvalue weighted by molar-refractivity contribution is 0.0771. The van der Waals surface area contributed by atoms with Crippen molar-refractivity contribution in [2.24, 2.45) is 0 Å². The van der Waals surface area contributed by atoms with Crippen molar-refractivity contribution in [3.63, 3.8) is 0 Å². The molecule has 4 nitrogen and oxygen atoms in total. The molecule has 0 radical (unpaired) electrons. The largest absolute Gasteiger partial charge is 0.379 e. The Hall–Kier alpha value is -1.39. The van der Waals surface area contributed by atoms with Crippen LogP contribution in [-0.2, 0) is 11.2 Å². The molecule has 2 rings (SSSR count). The molecule has 2 N–H and O–H groups in total. The summed E-state index contributed by atoms with van der Waals surface area (Å²) >= 11 is 0. The van der Waals surface area contributed by atoms with Crippen LogP contribution in [0.3, 0.4) is 0 Å². The van der Waals surface area contributed by atoms with Crippen LogP contribution in [0.4, 0.5) is 0 Å². The molecule has 2 aromatic rings. The van der Waals surface area contributed by atoms with E-state index in [2.05, 4.69) is 55.1 Å². The van der Waals surface area contributed by atoms with Gasteiger partial charge in [-0.25, -0.2) is 4.98 Å². The van der Waals surface area contributed by atoms with Crippen molar-refractivity contribution in [3.8, 4) is 0 Å². The number of ether oxygens (including phenoxy) is 1. The van der Waals surface area contributed by atoms with Gasteiger partial charge in [0, 0.05) is 19.6 Å². The van der Waals surface area contributed by atoms with Crippen LogP contribution < -0.4 is 5.32 Å². The highest BCUT2D eigenvalue weighted by atomic mass is 16.5. The zero-order chi connectivity index (χ0) is 15.2. The van der Waals surface area contributed by atoms with Crippen molar-refractivity contribution in [3.05, 3.63) is 29.1 Å². The molecule has 0 unspecified atom stereocenters. The van der Waals surface area contributed by atoms with Gasteiger partial charge in [0.05, 0.1) is 17.1 Å². The van der Waals surface area contributed by atoms with Gasteiger partial charge >= 0.3 is 0 Å². The van der Waals surface area contributed by atoms with Gasteiger partial charge in [-0.3, -0.25) is 0 Å². The molecule has 1 aromatic heterocycles. The van der Waals surface area contributed by atoms with Crippen molar-refractivity contribution in [1.29, 1.82) is 0 Å². The Bertz CT molecular complexity index is 536. The molecule has 1 aromatic carbocycles. The summed E-state index contributed by atoms with van der Waals surface area (Å²) in [6, 6.07) is 4.33. The average Bonchev–Trinajstić information content (AvgIpc) is 2.79. The normalized spacial score (nSPS) is 11.7. The van der Waals surface area contributed by atoms with Crippen LogP contribution >= 0.6 is 0 Å². The number of hydrogen-bond acceptors (Lipinski definition) is 3. The molecule has 116 valence electrons. The van der Waals surface area contributed by atoms with Gasteiger partial charge in [-0.2, -0.15) is 0 Å². The van der Waals surface area contributed by atoms with Crippen LogP contribution in [0.1, 0.15) is 37.2 Å². The first-order valence-corrected chi connectivity index (χ1v) is 7.84. The van der Waals surface area contributed by atoms with Gasteiger partial charge in [-0.15, -0.1) is 0 Å². The fourth-order valence-electron chi connectivity index (χ4n) is 2.29. The van der Waals surface area contributed by atoms with E-state index >= 15 is 0 Å². The fraction of sp³-hybridized carbons (Fsp3) is 0.588. The lowest BCUT2D eigenvalue weighted by atomic mass is 10.1. The highest BCUT2D eigenvalue weighted by Crippen LogP contribution is 2.17. The number of H-pyrrole nitrogens is 1. The molecular formula is C17H27N3O. The Kier molecular flexibility index (Phi) is 5.76. The third-order valence-corrected chi connectivity index (χ3v) is 3.63. The van der Waals surface area contributed by atoms with E-state index in [1.54, 1.807) is 0 Å². The Morgan fingerprint density at radius 1 is 1.19 bits per heavy atom. The van der Waals surface area contributed by atoms with E-state index in [1.165, 1.54) is 11.1 Å². The van der Waals surface area contributed by atoms with Crippen LogP contribution in [0.5, 0.6) is 0 Å². The van der Waals surface area contributed by atoms with E-state index in [-0.39, 0.29) is 0 Å². The first kappa shape index (κ1) is 16.0. The number of aryl methyl sites for hydroxylation is 2. The number of imidazole rings is 1. The summed E-state index contributed by atoms with van der Waals surface area (Å²) in [7, 11) is 0. The summed E-state index contributed by atoms with van der Waals surface area (Å²) in [6.07, 6.45) is 2.31. The van der Waals surface area contributed by atoms with Crippen molar-refractivity contribution in [2.75, 3.05) is 19.7 Å². The number of hydrogen-bond donors (Lipinski definition) is 2. The fourth-order valence-corrected chi connectivity index (χ4v) is 2.29. The molecule has 21 heavy (non-hydrogen) atoms. The van der Waals surface area contributed by atoms with Crippen LogP contribution in [0.25, 0.3) is 11.0 Å². The Labute approximate surface area is 127 Å². The van der Waals surface area contributed by atoms with Crippen molar-refractivity contribution in [2.45, 2.75) is 46.6 Å². The molecule has 0 aliphatic heterocycles. The number of aromatic amines is 1. The van der Waals surface area contributed by atoms with Gasteiger partial charge in [-0.05, 0) is 63.9 Å². The lowest BCUT2D eigenvalue weighted by Gasteiger charge is -2.07. The summed E-state index contributed by atoms with van der Waals surface area (Å²) in [5.74, 6) is 1.06. The average molecular weight is 289 g/mol. The highest BCUT2D eigenvalue weighted by molar-refractivity contribution is 5.77. The predicted molar refractivity (Wildman–Crippen MR) is 87.8 cm³/mol. The van der Waals surface area contributed by atoms with Gasteiger partial charge in [-0.1, -0.05) is 0 Å². The van der Waals surface area contributed by atoms with Crippen LogP contribution in [-0.4, -0.2) is 35.8 Å². The quantitative estimate of drug-likeness (QED) is 0.734. The second-order valence-corrected chi connectivity index (χ2v) is 5.91. The van der Waals surface area contributed by atoms with E-state index in [0.29, 0.717) is 6.10 Å². The first-order chi connectivity index (χ1) is 10.1. The molecule has 0 amide bonds. The molecule has 0 saturated heterocycles. The minimum atomic E-state index is 0.326. The van der Waals surface area contributed by atoms with Gasteiger partial charge in [0.2, 0.25) is 0 Å². The predicted octanol–water partition coefficient (Wildman–Crippen LogP) is 3.13. The van der Waals surface area contributed by atoms with Crippen LogP contribution in [0.2, 0.25) is 0 Å². The van der Waals surface area contributed by atoms with Crippen LogP contribution in [0.15, 0.2) is 12.1 Å². The minimum Gasteiger partial charge on any atom is -0.379 e. The smallest absolute Gasteiger partial charge is 0.108 e. The number of benzene rings is 1. The maximum absolute atomic E-state index is 5.51. The van der Waals surface area contributed by atoms with E-state index in [1.807, 2.05) is 0 Å². The first-order valence-electron chi connectivity index (χ1n) is 7.84. The van der Waals surface area contributed by atoms with E-state index in [4.69, 9.17) is 4.74 Å². The molecule has 0 atom stereocenters. The van der Waals surface area contributed by atoms with Gasteiger partial charge in [0.1, 0.15) is 5.82 Å². The van der Waals surface area contributed by atoms with E-state index < -0.39 is 0 Å². The molecule has 0 fully saturated rings. The Balaban J connectivity index is 1.74. The third kappa shape index (κ3) is 4.83. The molecule has 0 aliphatic carbocycles. The topological polar surface area (TPSA) is 49.9 Å². The number of aromatic nitrogens is 2. The Morgan fingerprint density at radius 3 is 2.71 bits per heavy atom. The second-order valence-electron chi connectivity index (χ2n) is 5.91.